The van der Waals surface area contributed by atoms with E-state index in [0.717, 1.165) is 0 Å². The quantitative estimate of drug-likeness (QED) is 0.576. The van der Waals surface area contributed by atoms with E-state index in [1.54, 1.807) is 0 Å². The lowest BCUT2D eigenvalue weighted by Gasteiger charge is -1.94. The summed E-state index contributed by atoms with van der Waals surface area (Å²) < 4.78 is 33.7. The first-order chi connectivity index (χ1) is 3.62. The van der Waals surface area contributed by atoms with Crippen LogP contribution in [0.25, 0.3) is 0 Å². The molecule has 0 saturated carbocycles. The predicted octanol–water partition coefficient (Wildman–Crippen LogP) is -0.495. The average molecular weight is 141 g/mol. The maximum Gasteiger partial charge on any atom is 0.213 e. The Morgan fingerprint density at radius 1 is 1.62 bits per heavy atom. The van der Waals surface area contributed by atoms with Crippen molar-refractivity contribution in [1.29, 1.82) is 0 Å². The predicted molar refractivity (Wildman–Crippen MR) is 28.8 cm³/mol. The van der Waals surface area contributed by atoms with E-state index in [1.165, 1.54) is 7.05 Å². The zero-order valence-electron chi connectivity index (χ0n) is 4.52. The normalized spacial score (nSPS) is 11.8. The standard InChI is InChI=1S/C3H8FNO2S/c1-5-8(6,7)3-2-4/h5H,2-3H2,1H3. The topological polar surface area (TPSA) is 46.2 Å². The van der Waals surface area contributed by atoms with E-state index >= 15 is 0 Å². The van der Waals surface area contributed by atoms with Gasteiger partial charge in [-0.1, -0.05) is 0 Å². The van der Waals surface area contributed by atoms with Crippen molar-refractivity contribution >= 4 is 10.0 Å². The second kappa shape index (κ2) is 2.99. The monoisotopic (exact) mass is 141 g/mol. The van der Waals surface area contributed by atoms with Gasteiger partial charge in [0.2, 0.25) is 10.0 Å². The minimum absolute atomic E-state index is 0.441. The van der Waals surface area contributed by atoms with Gasteiger partial charge in [-0.05, 0) is 7.05 Å². The van der Waals surface area contributed by atoms with Gasteiger partial charge in [0, 0.05) is 0 Å². The van der Waals surface area contributed by atoms with Crippen LogP contribution in [0.5, 0.6) is 0 Å². The fraction of sp³-hybridized carbons (Fsp3) is 1.00. The number of halogens is 1. The third-order valence-electron chi connectivity index (χ3n) is 0.657. The Kier molecular flexibility index (Phi) is 2.93. The summed E-state index contributed by atoms with van der Waals surface area (Å²) in [6, 6.07) is 0. The molecule has 0 rings (SSSR count). The van der Waals surface area contributed by atoms with Crippen LogP contribution in [0.4, 0.5) is 4.39 Å². The minimum atomic E-state index is -3.29. The molecule has 5 heteroatoms. The van der Waals surface area contributed by atoms with Gasteiger partial charge in [-0.25, -0.2) is 17.5 Å². The molecule has 0 aliphatic rings. The number of rotatable bonds is 3. The summed E-state index contributed by atoms with van der Waals surface area (Å²) in [5, 5.41) is 0. The smallest absolute Gasteiger partial charge is 0.213 e. The van der Waals surface area contributed by atoms with Gasteiger partial charge in [0.05, 0.1) is 5.75 Å². The molecular formula is C3H8FNO2S. The molecule has 0 aromatic rings. The molecule has 0 aromatic heterocycles. The zero-order valence-corrected chi connectivity index (χ0v) is 5.33. The first-order valence-electron chi connectivity index (χ1n) is 2.09. The van der Waals surface area contributed by atoms with Crippen LogP contribution in [-0.2, 0) is 10.0 Å². The fourth-order valence-corrected chi connectivity index (χ4v) is 0.611. The van der Waals surface area contributed by atoms with Gasteiger partial charge < -0.3 is 0 Å². The van der Waals surface area contributed by atoms with Gasteiger partial charge >= 0.3 is 0 Å². The summed E-state index contributed by atoms with van der Waals surface area (Å²) in [5.74, 6) is -0.441. The summed E-state index contributed by atoms with van der Waals surface area (Å²) in [6.07, 6.45) is 0. The average Bonchev–Trinajstić information content (AvgIpc) is 1.67. The van der Waals surface area contributed by atoms with Gasteiger partial charge in [-0.15, -0.1) is 0 Å². The molecule has 3 nitrogen and oxygen atoms in total. The number of hydrogen-bond donors (Lipinski definition) is 1. The Bertz CT molecular complexity index is 141. The van der Waals surface area contributed by atoms with Crippen LogP contribution in [0.2, 0.25) is 0 Å². The lowest BCUT2D eigenvalue weighted by molar-refractivity contribution is 0.515. The summed E-state index contributed by atoms with van der Waals surface area (Å²) in [4.78, 5) is 0. The molecule has 0 saturated heterocycles. The highest BCUT2D eigenvalue weighted by Crippen LogP contribution is 1.80. The highest BCUT2D eigenvalue weighted by Gasteiger charge is 2.03. The molecule has 1 N–H and O–H groups in total. The van der Waals surface area contributed by atoms with Crippen molar-refractivity contribution in [3.8, 4) is 0 Å². The van der Waals surface area contributed by atoms with E-state index in [-0.39, 0.29) is 0 Å². The highest BCUT2D eigenvalue weighted by molar-refractivity contribution is 7.89. The summed E-state index contributed by atoms with van der Waals surface area (Å²) in [5.41, 5.74) is 0. The van der Waals surface area contributed by atoms with Gasteiger partial charge in [-0.2, -0.15) is 0 Å². The fourth-order valence-electron chi connectivity index (χ4n) is 0.204. The molecule has 0 fully saturated rings. The van der Waals surface area contributed by atoms with Gasteiger partial charge in [0.1, 0.15) is 6.67 Å². The summed E-state index contributed by atoms with van der Waals surface area (Å²) in [6.45, 7) is -0.830. The number of alkyl halides is 1. The molecule has 0 aliphatic carbocycles. The van der Waals surface area contributed by atoms with E-state index in [1.807, 2.05) is 4.72 Å². The minimum Gasteiger partial charge on any atom is -0.250 e. The van der Waals surface area contributed by atoms with Crippen LogP contribution < -0.4 is 4.72 Å². The van der Waals surface area contributed by atoms with E-state index in [0.29, 0.717) is 0 Å². The molecule has 0 heterocycles. The van der Waals surface area contributed by atoms with Crippen LogP contribution in [0.1, 0.15) is 0 Å². The van der Waals surface area contributed by atoms with Crippen LogP contribution in [0.3, 0.4) is 0 Å². The van der Waals surface area contributed by atoms with Crippen LogP contribution in [0, 0.1) is 0 Å². The van der Waals surface area contributed by atoms with Crippen molar-refractivity contribution in [3.63, 3.8) is 0 Å². The molecule has 50 valence electrons. The van der Waals surface area contributed by atoms with Crippen molar-refractivity contribution in [3.05, 3.63) is 0 Å². The number of nitrogens with one attached hydrogen (secondary N) is 1. The largest absolute Gasteiger partial charge is 0.250 e. The van der Waals surface area contributed by atoms with Gasteiger partial charge in [0.15, 0.2) is 0 Å². The third-order valence-corrected chi connectivity index (χ3v) is 1.97. The summed E-state index contributed by atoms with van der Waals surface area (Å²) >= 11 is 0. The SMILES string of the molecule is CNS(=O)(=O)CCF. The lowest BCUT2D eigenvalue weighted by atomic mass is 10.9. The first kappa shape index (κ1) is 7.84. The molecular weight excluding hydrogens is 133 g/mol. The molecule has 0 atom stereocenters. The first-order valence-corrected chi connectivity index (χ1v) is 3.75. The number of sulfonamides is 1. The lowest BCUT2D eigenvalue weighted by Crippen LogP contribution is -2.22. The van der Waals surface area contributed by atoms with Gasteiger partial charge in [-0.3, -0.25) is 0 Å². The zero-order chi connectivity index (χ0) is 6.62. The van der Waals surface area contributed by atoms with Crippen molar-refractivity contribution < 1.29 is 12.8 Å². The summed E-state index contributed by atoms with van der Waals surface area (Å²) in [7, 11) is -2.04. The van der Waals surface area contributed by atoms with Gasteiger partial charge in [0.25, 0.3) is 0 Å². The molecule has 0 aliphatic heterocycles. The second-order valence-electron chi connectivity index (χ2n) is 1.21. The maximum atomic E-state index is 11.3. The molecule has 0 amide bonds. The van der Waals surface area contributed by atoms with Crippen molar-refractivity contribution in [2.45, 2.75) is 0 Å². The number of hydrogen-bond acceptors (Lipinski definition) is 2. The Labute approximate surface area is 47.9 Å². The van der Waals surface area contributed by atoms with Crippen LogP contribution in [-0.4, -0.2) is 27.9 Å². The molecule has 0 unspecified atom stereocenters. The van der Waals surface area contributed by atoms with E-state index < -0.39 is 22.5 Å². The van der Waals surface area contributed by atoms with E-state index in [2.05, 4.69) is 0 Å². The highest BCUT2D eigenvalue weighted by atomic mass is 32.2. The molecule has 0 aromatic carbocycles. The Hall–Kier alpha value is -0.160. The van der Waals surface area contributed by atoms with Crippen molar-refractivity contribution in [1.82, 2.24) is 4.72 Å². The third kappa shape index (κ3) is 2.92. The molecule has 8 heavy (non-hydrogen) atoms. The van der Waals surface area contributed by atoms with Crippen LogP contribution >= 0.6 is 0 Å². The maximum absolute atomic E-state index is 11.3. The molecule has 0 spiro atoms. The molecule has 0 radical (unpaired) electrons. The second-order valence-corrected chi connectivity index (χ2v) is 3.26. The Morgan fingerprint density at radius 2 is 2.12 bits per heavy atom. The van der Waals surface area contributed by atoms with E-state index in [9.17, 15) is 12.8 Å². The van der Waals surface area contributed by atoms with Crippen molar-refractivity contribution in [2.24, 2.45) is 0 Å². The van der Waals surface area contributed by atoms with Crippen molar-refractivity contribution in [2.75, 3.05) is 19.5 Å². The van der Waals surface area contributed by atoms with E-state index in [4.69, 9.17) is 0 Å². The Morgan fingerprint density at radius 3 is 2.25 bits per heavy atom. The van der Waals surface area contributed by atoms with Crippen LogP contribution in [0.15, 0.2) is 0 Å². The Balaban J connectivity index is 3.76. The molecule has 0 bridgehead atoms.